The molecule has 0 aromatic rings. The van der Waals surface area contributed by atoms with Gasteiger partial charge in [0.1, 0.15) is 6.04 Å². The Morgan fingerprint density at radius 1 is 1.30 bits per heavy atom. The topological polar surface area (TPSA) is 60.9 Å². The molecule has 2 atom stereocenters. The summed E-state index contributed by atoms with van der Waals surface area (Å²) in [6.45, 7) is 7.99. The van der Waals surface area contributed by atoms with Crippen molar-refractivity contribution in [3.05, 3.63) is 0 Å². The third-order valence-corrected chi connectivity index (χ3v) is 5.40. The highest BCUT2D eigenvalue weighted by atomic mass is 32.2. The van der Waals surface area contributed by atoms with Crippen molar-refractivity contribution < 1.29 is 14.7 Å². The van der Waals surface area contributed by atoms with Crippen LogP contribution in [0.3, 0.4) is 0 Å². The quantitative estimate of drug-likeness (QED) is 0.806. The van der Waals surface area contributed by atoms with Crippen LogP contribution in [0.4, 0.5) is 4.79 Å². The fraction of sp³-hybridized carbons (Fsp3) is 0.857. The van der Waals surface area contributed by atoms with Gasteiger partial charge in [0.25, 0.3) is 0 Å². The lowest BCUT2D eigenvalue weighted by atomic mass is 9.76. The average molecular weight is 300 g/mol. The van der Waals surface area contributed by atoms with Gasteiger partial charge in [-0.15, -0.1) is 0 Å². The van der Waals surface area contributed by atoms with Gasteiger partial charge in [0.05, 0.1) is 0 Å². The monoisotopic (exact) mass is 300 g/mol. The molecule has 2 aliphatic heterocycles. The van der Waals surface area contributed by atoms with E-state index in [0.29, 0.717) is 18.3 Å². The molecule has 0 spiro atoms. The number of amides is 2. The summed E-state index contributed by atoms with van der Waals surface area (Å²) in [6.07, 6.45) is 1.72. The van der Waals surface area contributed by atoms with E-state index in [1.807, 2.05) is 30.5 Å². The first-order valence-electron chi connectivity index (χ1n) is 7.23. The Morgan fingerprint density at radius 3 is 2.60 bits per heavy atom. The SMILES string of the molecule is CC1CN(C(=O)N2CCCC(C)(C)C2C(=O)O)CCS1. The Hall–Kier alpha value is -0.910. The van der Waals surface area contributed by atoms with E-state index < -0.39 is 12.0 Å². The maximum atomic E-state index is 12.7. The Balaban J connectivity index is 2.16. The van der Waals surface area contributed by atoms with Gasteiger partial charge in [0, 0.05) is 30.6 Å². The van der Waals surface area contributed by atoms with Crippen molar-refractivity contribution in [1.29, 1.82) is 0 Å². The lowest BCUT2D eigenvalue weighted by Gasteiger charge is -2.46. The van der Waals surface area contributed by atoms with Gasteiger partial charge in [0.15, 0.2) is 0 Å². The summed E-state index contributed by atoms with van der Waals surface area (Å²) < 4.78 is 0. The van der Waals surface area contributed by atoms with Gasteiger partial charge in [0.2, 0.25) is 0 Å². The second kappa shape index (κ2) is 5.84. The van der Waals surface area contributed by atoms with Gasteiger partial charge in [-0.1, -0.05) is 20.8 Å². The molecule has 114 valence electrons. The van der Waals surface area contributed by atoms with Crippen LogP contribution < -0.4 is 0 Å². The number of carbonyl (C=O) groups excluding carboxylic acids is 1. The van der Waals surface area contributed by atoms with E-state index in [-0.39, 0.29) is 11.4 Å². The van der Waals surface area contributed by atoms with Crippen LogP contribution in [0.15, 0.2) is 0 Å². The fourth-order valence-electron chi connectivity index (χ4n) is 3.24. The second-order valence-electron chi connectivity index (χ2n) is 6.44. The van der Waals surface area contributed by atoms with E-state index in [1.54, 1.807) is 4.90 Å². The number of urea groups is 1. The lowest BCUT2D eigenvalue weighted by Crippen LogP contribution is -2.60. The minimum atomic E-state index is -0.887. The maximum Gasteiger partial charge on any atom is 0.327 e. The first kappa shape index (κ1) is 15.5. The van der Waals surface area contributed by atoms with E-state index in [1.165, 1.54) is 0 Å². The minimum absolute atomic E-state index is 0.0997. The van der Waals surface area contributed by atoms with E-state index >= 15 is 0 Å². The standard InChI is InChI=1S/C14H24N2O3S/c1-10-9-15(7-8-20-10)13(19)16-6-4-5-14(2,3)11(16)12(17)18/h10-11H,4-9H2,1-3H3,(H,17,18). The van der Waals surface area contributed by atoms with Crippen LogP contribution in [0.5, 0.6) is 0 Å². The molecule has 0 aromatic heterocycles. The second-order valence-corrected chi connectivity index (χ2v) is 7.98. The largest absolute Gasteiger partial charge is 0.480 e. The number of likely N-dealkylation sites (tertiary alicyclic amines) is 1. The van der Waals surface area contributed by atoms with Crippen molar-refractivity contribution >= 4 is 23.8 Å². The first-order valence-corrected chi connectivity index (χ1v) is 8.28. The molecule has 2 aliphatic rings. The number of nitrogens with zero attached hydrogens (tertiary/aromatic N) is 2. The molecule has 2 fully saturated rings. The van der Waals surface area contributed by atoms with Gasteiger partial charge in [-0.2, -0.15) is 11.8 Å². The molecule has 0 radical (unpaired) electrons. The highest BCUT2D eigenvalue weighted by molar-refractivity contribution is 7.99. The summed E-state index contributed by atoms with van der Waals surface area (Å²) in [6, 6.07) is -0.814. The maximum absolute atomic E-state index is 12.7. The number of hydrogen-bond donors (Lipinski definition) is 1. The molecular weight excluding hydrogens is 276 g/mol. The number of thioether (sulfide) groups is 1. The van der Waals surface area contributed by atoms with Crippen LogP contribution in [0.25, 0.3) is 0 Å². The van der Waals surface area contributed by atoms with E-state index in [4.69, 9.17) is 0 Å². The van der Waals surface area contributed by atoms with Gasteiger partial charge in [-0.05, 0) is 18.3 Å². The molecule has 0 aliphatic carbocycles. The minimum Gasteiger partial charge on any atom is -0.480 e. The number of carboxylic acid groups (broad SMARTS) is 1. The predicted molar refractivity (Wildman–Crippen MR) is 80.0 cm³/mol. The Morgan fingerprint density at radius 2 is 2.00 bits per heavy atom. The van der Waals surface area contributed by atoms with Gasteiger partial charge in [-0.3, -0.25) is 0 Å². The molecule has 6 heteroatoms. The first-order chi connectivity index (χ1) is 9.33. The van der Waals surface area contributed by atoms with Gasteiger partial charge in [-0.25, -0.2) is 9.59 Å². The Kier molecular flexibility index (Phi) is 4.52. The number of piperidine rings is 1. The molecule has 5 nitrogen and oxygen atoms in total. The summed E-state index contributed by atoms with van der Waals surface area (Å²) in [5, 5.41) is 9.95. The van der Waals surface area contributed by atoms with Crippen LogP contribution in [0, 0.1) is 5.41 Å². The summed E-state index contributed by atoms with van der Waals surface area (Å²) in [5.41, 5.74) is -0.365. The van der Waals surface area contributed by atoms with E-state index in [0.717, 1.165) is 25.1 Å². The molecule has 0 aromatic carbocycles. The molecule has 20 heavy (non-hydrogen) atoms. The number of hydrogen-bond acceptors (Lipinski definition) is 3. The van der Waals surface area contributed by atoms with E-state index in [2.05, 4.69) is 6.92 Å². The average Bonchev–Trinajstić information content (AvgIpc) is 2.35. The number of carboxylic acids is 1. The fourth-order valence-corrected chi connectivity index (χ4v) is 4.25. The summed E-state index contributed by atoms with van der Waals surface area (Å²) in [7, 11) is 0. The Labute approximate surface area is 124 Å². The van der Waals surface area contributed by atoms with Crippen molar-refractivity contribution in [3.8, 4) is 0 Å². The van der Waals surface area contributed by atoms with E-state index in [9.17, 15) is 14.7 Å². The lowest BCUT2D eigenvalue weighted by molar-refractivity contribution is -0.148. The van der Waals surface area contributed by atoms with Crippen LogP contribution >= 0.6 is 11.8 Å². The van der Waals surface area contributed by atoms with Crippen LogP contribution in [-0.4, -0.2) is 63.6 Å². The van der Waals surface area contributed by atoms with Crippen LogP contribution in [-0.2, 0) is 4.79 Å². The molecule has 0 saturated carbocycles. The molecule has 2 heterocycles. The summed E-state index contributed by atoms with van der Waals surface area (Å²) >= 11 is 1.86. The van der Waals surface area contributed by atoms with Gasteiger partial charge < -0.3 is 14.9 Å². The Bertz CT molecular complexity index is 400. The van der Waals surface area contributed by atoms with Crippen LogP contribution in [0.2, 0.25) is 0 Å². The third-order valence-electron chi connectivity index (χ3n) is 4.26. The molecular formula is C14H24N2O3S. The summed E-state index contributed by atoms with van der Waals surface area (Å²) in [5.74, 6) is 0.0458. The molecule has 2 saturated heterocycles. The zero-order chi connectivity index (χ0) is 14.9. The molecule has 1 N–H and O–H groups in total. The molecule has 2 amide bonds. The molecule has 0 bridgehead atoms. The zero-order valence-corrected chi connectivity index (χ0v) is 13.3. The molecule has 2 unspecified atom stereocenters. The predicted octanol–water partition coefficient (Wildman–Crippen LogP) is 2.12. The van der Waals surface area contributed by atoms with Gasteiger partial charge >= 0.3 is 12.0 Å². The highest BCUT2D eigenvalue weighted by Crippen LogP contribution is 2.36. The molecule has 2 rings (SSSR count). The van der Waals surface area contributed by atoms with Crippen molar-refractivity contribution in [2.24, 2.45) is 5.41 Å². The summed E-state index contributed by atoms with van der Waals surface area (Å²) in [4.78, 5) is 27.7. The normalized spacial score (nSPS) is 30.1. The highest BCUT2D eigenvalue weighted by Gasteiger charge is 2.45. The smallest absolute Gasteiger partial charge is 0.327 e. The number of carbonyl (C=O) groups is 2. The number of aliphatic carboxylic acids is 1. The number of rotatable bonds is 1. The zero-order valence-electron chi connectivity index (χ0n) is 12.5. The third kappa shape index (κ3) is 3.05. The van der Waals surface area contributed by atoms with Crippen molar-refractivity contribution in [1.82, 2.24) is 9.80 Å². The van der Waals surface area contributed by atoms with Crippen LogP contribution in [0.1, 0.15) is 33.6 Å². The van der Waals surface area contributed by atoms with Crippen molar-refractivity contribution in [2.45, 2.75) is 44.9 Å². The van der Waals surface area contributed by atoms with Crippen molar-refractivity contribution in [2.75, 3.05) is 25.4 Å². The van der Waals surface area contributed by atoms with Crippen molar-refractivity contribution in [3.63, 3.8) is 0 Å².